The van der Waals surface area contributed by atoms with Gasteiger partial charge < -0.3 is 9.47 Å². The molecule has 0 radical (unpaired) electrons. The minimum atomic E-state index is -0.251. The van der Waals surface area contributed by atoms with Gasteiger partial charge in [0.25, 0.3) is 0 Å². The number of benzene rings is 2. The summed E-state index contributed by atoms with van der Waals surface area (Å²) in [5, 5.41) is 2.83. The van der Waals surface area contributed by atoms with Crippen LogP contribution in [0.4, 0.5) is 4.39 Å². The fourth-order valence-electron chi connectivity index (χ4n) is 2.13. The van der Waals surface area contributed by atoms with Gasteiger partial charge >= 0.3 is 0 Å². The van der Waals surface area contributed by atoms with Crippen molar-refractivity contribution >= 4 is 23.7 Å². The maximum absolute atomic E-state index is 13.0. The Hall–Kier alpha value is -2.11. The highest BCUT2D eigenvalue weighted by molar-refractivity contribution is 7.13. The van der Waals surface area contributed by atoms with E-state index in [1.807, 2.05) is 23.6 Å². The van der Waals surface area contributed by atoms with Crippen LogP contribution in [-0.2, 0) is 0 Å². The van der Waals surface area contributed by atoms with Crippen LogP contribution in [-0.4, -0.2) is 19.2 Å². The van der Waals surface area contributed by atoms with E-state index in [9.17, 15) is 4.39 Å². The average molecular weight is 352 g/mol. The summed E-state index contributed by atoms with van der Waals surface area (Å²) in [5.41, 5.74) is 2.68. The average Bonchev–Trinajstić information content (AvgIpc) is 3.05. The normalized spacial score (nSPS) is 10.0. The van der Waals surface area contributed by atoms with E-state index in [0.29, 0.717) is 11.5 Å². The summed E-state index contributed by atoms with van der Waals surface area (Å²) in [6.45, 7) is 0. The zero-order chi connectivity index (χ0) is 15.5. The number of halogens is 2. The zero-order valence-corrected chi connectivity index (χ0v) is 14.2. The van der Waals surface area contributed by atoms with Crippen molar-refractivity contribution in [2.24, 2.45) is 0 Å². The summed E-state index contributed by atoms with van der Waals surface area (Å²) in [5.74, 6) is 1.10. The zero-order valence-electron chi connectivity index (χ0n) is 12.6. The predicted octanol–water partition coefficient (Wildman–Crippen LogP) is 5.06. The van der Waals surface area contributed by atoms with Gasteiger partial charge in [0.15, 0.2) is 11.5 Å². The van der Waals surface area contributed by atoms with Gasteiger partial charge in [-0.2, -0.15) is 0 Å². The first-order valence-electron chi connectivity index (χ1n) is 6.65. The van der Waals surface area contributed by atoms with Crippen molar-refractivity contribution in [1.29, 1.82) is 0 Å². The molecule has 23 heavy (non-hydrogen) atoms. The Morgan fingerprint density at radius 1 is 0.913 bits per heavy atom. The van der Waals surface area contributed by atoms with Gasteiger partial charge in [0.1, 0.15) is 10.8 Å². The van der Waals surface area contributed by atoms with Gasteiger partial charge in [0.05, 0.1) is 19.9 Å². The fraction of sp³-hybridized carbons (Fsp3) is 0.118. The Bertz CT molecular complexity index is 790. The lowest BCUT2D eigenvalue weighted by molar-refractivity contribution is 0.355. The third-order valence-corrected chi connectivity index (χ3v) is 4.17. The number of nitrogens with zero attached hydrogens (tertiary/aromatic N) is 1. The molecule has 2 aromatic carbocycles. The van der Waals surface area contributed by atoms with Crippen molar-refractivity contribution < 1.29 is 13.9 Å². The maximum Gasteiger partial charge on any atom is 0.161 e. The summed E-state index contributed by atoms with van der Waals surface area (Å²) < 4.78 is 23.5. The van der Waals surface area contributed by atoms with Gasteiger partial charge in [0.2, 0.25) is 0 Å². The summed E-state index contributed by atoms with van der Waals surface area (Å²) >= 11 is 1.53. The molecular weight excluding hydrogens is 337 g/mol. The van der Waals surface area contributed by atoms with E-state index in [0.717, 1.165) is 21.8 Å². The van der Waals surface area contributed by atoms with Crippen molar-refractivity contribution in [2.45, 2.75) is 0 Å². The summed E-state index contributed by atoms with van der Waals surface area (Å²) in [4.78, 5) is 4.61. The van der Waals surface area contributed by atoms with Gasteiger partial charge in [-0.15, -0.1) is 23.7 Å². The van der Waals surface area contributed by atoms with Crippen LogP contribution in [0.2, 0.25) is 0 Å². The number of hydrogen-bond donors (Lipinski definition) is 0. The molecule has 3 aromatic rings. The van der Waals surface area contributed by atoms with E-state index < -0.39 is 0 Å². The van der Waals surface area contributed by atoms with Gasteiger partial charge in [-0.05, 0) is 42.5 Å². The minimum absolute atomic E-state index is 0. The molecule has 3 nitrogen and oxygen atoms in total. The highest BCUT2D eigenvalue weighted by atomic mass is 35.5. The smallest absolute Gasteiger partial charge is 0.161 e. The number of aromatic nitrogens is 1. The van der Waals surface area contributed by atoms with Crippen LogP contribution in [0, 0.1) is 5.82 Å². The van der Waals surface area contributed by atoms with Crippen LogP contribution in [0.3, 0.4) is 0 Å². The van der Waals surface area contributed by atoms with Gasteiger partial charge in [0, 0.05) is 16.5 Å². The van der Waals surface area contributed by atoms with Crippen molar-refractivity contribution in [3.8, 4) is 33.3 Å². The van der Waals surface area contributed by atoms with Crippen molar-refractivity contribution in [2.75, 3.05) is 14.2 Å². The summed E-state index contributed by atoms with van der Waals surface area (Å²) in [6.07, 6.45) is 0. The lowest BCUT2D eigenvalue weighted by atomic mass is 10.1. The van der Waals surface area contributed by atoms with Gasteiger partial charge in [-0.25, -0.2) is 9.37 Å². The van der Waals surface area contributed by atoms with Crippen LogP contribution in [0.5, 0.6) is 11.5 Å². The van der Waals surface area contributed by atoms with Crippen molar-refractivity contribution in [3.63, 3.8) is 0 Å². The molecule has 0 spiro atoms. The molecule has 0 atom stereocenters. The Morgan fingerprint density at radius 3 is 2.22 bits per heavy atom. The Labute approximate surface area is 144 Å². The van der Waals surface area contributed by atoms with E-state index in [1.54, 1.807) is 26.4 Å². The highest BCUT2D eigenvalue weighted by Gasteiger charge is 2.10. The van der Waals surface area contributed by atoms with E-state index in [2.05, 4.69) is 4.98 Å². The monoisotopic (exact) mass is 351 g/mol. The largest absolute Gasteiger partial charge is 0.493 e. The first-order chi connectivity index (χ1) is 10.7. The molecule has 0 saturated heterocycles. The lowest BCUT2D eigenvalue weighted by Crippen LogP contribution is -1.90. The van der Waals surface area contributed by atoms with Crippen LogP contribution in [0.25, 0.3) is 21.8 Å². The number of methoxy groups -OCH3 is 2. The Morgan fingerprint density at radius 2 is 1.57 bits per heavy atom. The molecule has 0 bridgehead atoms. The maximum atomic E-state index is 13.0. The second kappa shape index (κ2) is 7.44. The minimum Gasteiger partial charge on any atom is -0.493 e. The van der Waals surface area contributed by atoms with Gasteiger partial charge in [-0.3, -0.25) is 0 Å². The molecule has 120 valence electrons. The molecule has 0 amide bonds. The molecule has 6 heteroatoms. The number of rotatable bonds is 4. The first-order valence-corrected chi connectivity index (χ1v) is 7.53. The van der Waals surface area contributed by atoms with Crippen LogP contribution < -0.4 is 9.47 Å². The predicted molar refractivity (Wildman–Crippen MR) is 93.3 cm³/mol. The van der Waals surface area contributed by atoms with E-state index in [-0.39, 0.29) is 18.2 Å². The fourth-order valence-corrected chi connectivity index (χ4v) is 2.95. The standard InChI is InChI=1S/C17H14FNO2S.ClH/c1-20-15-8-5-12(9-16(15)21-2)17-19-14(10-22-17)11-3-6-13(18)7-4-11;/h3-10H,1-2H3;1H. The molecule has 0 unspecified atom stereocenters. The third-order valence-electron chi connectivity index (χ3n) is 3.27. The van der Waals surface area contributed by atoms with Crippen LogP contribution in [0.15, 0.2) is 47.8 Å². The molecule has 0 N–H and O–H groups in total. The Kier molecular flexibility index (Phi) is 5.58. The molecular formula is C17H15ClFNO2S. The molecule has 0 aliphatic rings. The van der Waals surface area contributed by atoms with Crippen molar-refractivity contribution in [3.05, 3.63) is 53.7 Å². The molecule has 0 saturated carbocycles. The molecule has 0 aliphatic carbocycles. The first kappa shape index (κ1) is 17.2. The molecule has 1 aromatic heterocycles. The topological polar surface area (TPSA) is 31.4 Å². The summed E-state index contributed by atoms with van der Waals surface area (Å²) in [7, 11) is 3.21. The van der Waals surface area contributed by atoms with Gasteiger partial charge in [-0.1, -0.05) is 0 Å². The second-order valence-electron chi connectivity index (χ2n) is 4.61. The molecule has 3 rings (SSSR count). The Balaban J connectivity index is 0.00000192. The quantitative estimate of drug-likeness (QED) is 0.658. The highest BCUT2D eigenvalue weighted by Crippen LogP contribution is 2.35. The molecule has 0 aliphatic heterocycles. The third kappa shape index (κ3) is 3.63. The number of hydrogen-bond acceptors (Lipinski definition) is 4. The molecule has 0 fully saturated rings. The van der Waals surface area contributed by atoms with E-state index in [1.165, 1.54) is 23.5 Å². The lowest BCUT2D eigenvalue weighted by Gasteiger charge is -2.08. The van der Waals surface area contributed by atoms with E-state index in [4.69, 9.17) is 9.47 Å². The van der Waals surface area contributed by atoms with E-state index >= 15 is 0 Å². The molecule has 1 heterocycles. The van der Waals surface area contributed by atoms with Crippen LogP contribution >= 0.6 is 23.7 Å². The van der Waals surface area contributed by atoms with Crippen LogP contribution in [0.1, 0.15) is 0 Å². The number of ether oxygens (including phenoxy) is 2. The summed E-state index contributed by atoms with van der Waals surface area (Å²) in [6, 6.07) is 12.0. The second-order valence-corrected chi connectivity index (χ2v) is 5.47. The SMILES string of the molecule is COc1ccc(-c2nc(-c3ccc(F)cc3)cs2)cc1OC.Cl. The van der Waals surface area contributed by atoms with Crippen molar-refractivity contribution in [1.82, 2.24) is 4.98 Å². The number of thiazole rings is 1.